The van der Waals surface area contributed by atoms with Gasteiger partial charge in [0.25, 0.3) is 0 Å². The van der Waals surface area contributed by atoms with Gasteiger partial charge in [-0.3, -0.25) is 0 Å². The molecule has 0 bridgehead atoms. The van der Waals surface area contributed by atoms with Crippen LogP contribution in [0.2, 0.25) is 5.02 Å². The van der Waals surface area contributed by atoms with Gasteiger partial charge in [0, 0.05) is 10.0 Å². The predicted molar refractivity (Wildman–Crippen MR) is 61.8 cm³/mol. The summed E-state index contributed by atoms with van der Waals surface area (Å²) >= 11 is 8.86. The number of hydrogen-bond acceptors (Lipinski definition) is 1. The molecule has 0 saturated heterocycles. The van der Waals surface area contributed by atoms with Crippen LogP contribution in [0.5, 0.6) is 0 Å². The van der Waals surface area contributed by atoms with E-state index in [4.69, 9.17) is 17.3 Å². The fraction of sp³-hybridized carbons (Fsp3) is 0.200. The molecule has 0 amide bonds. The Morgan fingerprint density at radius 1 is 1.50 bits per heavy atom. The maximum Gasteiger partial charge on any atom is 0.150 e. The zero-order valence-corrected chi connectivity index (χ0v) is 9.78. The largest absolute Gasteiger partial charge is 0.330 e. The topological polar surface area (TPSA) is 26.0 Å². The molecule has 2 N–H and O–H groups in total. The van der Waals surface area contributed by atoms with E-state index in [-0.39, 0.29) is 5.02 Å². The van der Waals surface area contributed by atoms with Crippen molar-refractivity contribution in [3.8, 4) is 0 Å². The molecule has 0 spiro atoms. The highest BCUT2D eigenvalue weighted by Gasteiger charge is 2.07. The van der Waals surface area contributed by atoms with Gasteiger partial charge in [-0.1, -0.05) is 29.8 Å². The van der Waals surface area contributed by atoms with E-state index in [1.54, 1.807) is 18.2 Å². The molecule has 1 aromatic rings. The molecule has 0 aromatic heterocycles. The van der Waals surface area contributed by atoms with Crippen molar-refractivity contribution in [2.45, 2.75) is 6.42 Å². The fourth-order valence-corrected chi connectivity index (χ4v) is 1.45. The van der Waals surface area contributed by atoms with E-state index < -0.39 is 5.82 Å². The summed E-state index contributed by atoms with van der Waals surface area (Å²) in [6.07, 6.45) is 4.23. The van der Waals surface area contributed by atoms with Crippen molar-refractivity contribution in [2.75, 3.05) is 6.54 Å². The Hall–Kier alpha value is -0.380. The first-order valence-corrected chi connectivity index (χ1v) is 5.34. The van der Waals surface area contributed by atoms with E-state index in [0.29, 0.717) is 16.6 Å². The molecule has 1 aromatic carbocycles. The highest BCUT2D eigenvalue weighted by Crippen LogP contribution is 2.28. The third kappa shape index (κ3) is 2.80. The summed E-state index contributed by atoms with van der Waals surface area (Å²) in [6, 6.07) is 3.38. The zero-order valence-electron chi connectivity index (χ0n) is 7.43. The van der Waals surface area contributed by atoms with E-state index in [9.17, 15) is 4.39 Å². The third-order valence-corrected chi connectivity index (χ3v) is 2.95. The molecule has 0 atom stereocenters. The first kappa shape index (κ1) is 11.7. The van der Waals surface area contributed by atoms with Gasteiger partial charge in [0.05, 0.1) is 5.02 Å². The Kier molecular flexibility index (Phi) is 4.58. The van der Waals surface area contributed by atoms with E-state index in [0.717, 1.165) is 6.42 Å². The van der Waals surface area contributed by atoms with Gasteiger partial charge in [-0.15, -0.1) is 0 Å². The van der Waals surface area contributed by atoms with Crippen molar-refractivity contribution < 1.29 is 4.39 Å². The normalized spacial score (nSPS) is 11.1. The SMILES string of the molecule is NCC/C=C/c1ccc(Br)c(Cl)c1F. The Balaban J connectivity index is 2.94. The van der Waals surface area contributed by atoms with E-state index in [1.165, 1.54) is 0 Å². The van der Waals surface area contributed by atoms with Gasteiger partial charge < -0.3 is 5.73 Å². The molecule has 0 heterocycles. The Bertz CT molecular complexity index is 352. The number of nitrogens with two attached hydrogens (primary N) is 1. The van der Waals surface area contributed by atoms with Crippen LogP contribution in [0.4, 0.5) is 4.39 Å². The molecule has 0 aliphatic heterocycles. The zero-order chi connectivity index (χ0) is 10.6. The molecule has 0 fully saturated rings. The van der Waals surface area contributed by atoms with Crippen LogP contribution in [0.3, 0.4) is 0 Å². The summed E-state index contributed by atoms with van der Waals surface area (Å²) in [4.78, 5) is 0. The summed E-state index contributed by atoms with van der Waals surface area (Å²) < 4.78 is 14.0. The average molecular weight is 279 g/mol. The maximum absolute atomic E-state index is 13.4. The van der Waals surface area contributed by atoms with Crippen LogP contribution in [0.1, 0.15) is 12.0 Å². The molecule has 0 radical (unpaired) electrons. The third-order valence-electron chi connectivity index (χ3n) is 1.70. The van der Waals surface area contributed by atoms with Crippen LogP contribution in [-0.4, -0.2) is 6.54 Å². The monoisotopic (exact) mass is 277 g/mol. The lowest BCUT2D eigenvalue weighted by Crippen LogP contribution is -1.95. The van der Waals surface area contributed by atoms with Gasteiger partial charge >= 0.3 is 0 Å². The van der Waals surface area contributed by atoms with E-state index in [2.05, 4.69) is 15.9 Å². The Morgan fingerprint density at radius 2 is 2.21 bits per heavy atom. The van der Waals surface area contributed by atoms with Crippen LogP contribution in [0.15, 0.2) is 22.7 Å². The number of halogens is 3. The van der Waals surface area contributed by atoms with Gasteiger partial charge in [-0.05, 0) is 35.0 Å². The van der Waals surface area contributed by atoms with Crippen LogP contribution in [0.25, 0.3) is 6.08 Å². The summed E-state index contributed by atoms with van der Waals surface area (Å²) in [6.45, 7) is 0.558. The predicted octanol–water partition coefficient (Wildman–Crippen LogP) is 3.60. The van der Waals surface area contributed by atoms with Crippen molar-refractivity contribution >= 4 is 33.6 Å². The van der Waals surface area contributed by atoms with Gasteiger partial charge in [0.2, 0.25) is 0 Å². The first-order chi connectivity index (χ1) is 6.66. The molecule has 14 heavy (non-hydrogen) atoms. The number of hydrogen-bond donors (Lipinski definition) is 1. The molecule has 0 saturated carbocycles. The molecule has 1 rings (SSSR count). The summed E-state index contributed by atoms with van der Waals surface area (Å²) in [5, 5.41) is 0.111. The summed E-state index contributed by atoms with van der Waals surface area (Å²) in [5.41, 5.74) is 5.78. The molecule has 0 aliphatic carbocycles. The molecule has 0 aliphatic rings. The lowest BCUT2D eigenvalue weighted by molar-refractivity contribution is 0.624. The molecule has 1 nitrogen and oxygen atoms in total. The van der Waals surface area contributed by atoms with Crippen LogP contribution in [0, 0.1) is 5.82 Å². The number of benzene rings is 1. The van der Waals surface area contributed by atoms with Gasteiger partial charge in [-0.25, -0.2) is 4.39 Å². The van der Waals surface area contributed by atoms with Crippen molar-refractivity contribution in [3.63, 3.8) is 0 Å². The first-order valence-electron chi connectivity index (χ1n) is 4.17. The molecule has 0 unspecified atom stereocenters. The van der Waals surface area contributed by atoms with Crippen LogP contribution >= 0.6 is 27.5 Å². The molecule has 76 valence electrons. The lowest BCUT2D eigenvalue weighted by Gasteiger charge is -2.01. The fourth-order valence-electron chi connectivity index (χ4n) is 0.976. The van der Waals surface area contributed by atoms with Gasteiger partial charge in [-0.2, -0.15) is 0 Å². The highest BCUT2D eigenvalue weighted by molar-refractivity contribution is 9.10. The van der Waals surface area contributed by atoms with Crippen LogP contribution in [-0.2, 0) is 0 Å². The Labute approximate surface area is 95.9 Å². The summed E-state index contributed by atoms with van der Waals surface area (Å²) in [5.74, 6) is -0.408. The minimum absolute atomic E-state index is 0.111. The number of rotatable bonds is 3. The quantitative estimate of drug-likeness (QED) is 0.840. The Morgan fingerprint density at radius 3 is 2.86 bits per heavy atom. The van der Waals surface area contributed by atoms with Crippen molar-refractivity contribution in [2.24, 2.45) is 5.73 Å². The highest BCUT2D eigenvalue weighted by atomic mass is 79.9. The smallest absolute Gasteiger partial charge is 0.150 e. The summed E-state index contributed by atoms with van der Waals surface area (Å²) in [7, 11) is 0. The van der Waals surface area contributed by atoms with Crippen molar-refractivity contribution in [1.29, 1.82) is 0 Å². The van der Waals surface area contributed by atoms with Crippen molar-refractivity contribution in [3.05, 3.63) is 39.1 Å². The second-order valence-corrected chi connectivity index (χ2v) is 3.98. The van der Waals surface area contributed by atoms with E-state index in [1.807, 2.05) is 6.08 Å². The van der Waals surface area contributed by atoms with Crippen LogP contribution < -0.4 is 5.73 Å². The maximum atomic E-state index is 13.4. The second kappa shape index (κ2) is 5.49. The van der Waals surface area contributed by atoms with E-state index >= 15 is 0 Å². The molecular formula is C10H10BrClFN. The molecular weight excluding hydrogens is 268 g/mol. The van der Waals surface area contributed by atoms with Crippen molar-refractivity contribution in [1.82, 2.24) is 0 Å². The minimum atomic E-state index is -0.408. The standard InChI is InChI=1S/C10H10BrClFN/c11-8-5-4-7(3-1-2-6-14)10(13)9(8)12/h1,3-5H,2,6,14H2/b3-1+. The molecule has 4 heteroatoms. The van der Waals surface area contributed by atoms with Gasteiger partial charge in [0.15, 0.2) is 0 Å². The average Bonchev–Trinajstić information content (AvgIpc) is 2.18. The second-order valence-electron chi connectivity index (χ2n) is 2.74. The van der Waals surface area contributed by atoms with Gasteiger partial charge in [0.1, 0.15) is 5.82 Å². The lowest BCUT2D eigenvalue weighted by atomic mass is 10.2. The minimum Gasteiger partial charge on any atom is -0.330 e.